The largest absolute Gasteiger partial charge is 0.453 e. The molecule has 3 heterocycles. The molecule has 0 bridgehead atoms. The number of tetrazole rings is 1. The summed E-state index contributed by atoms with van der Waals surface area (Å²) < 4.78 is 29.4. The van der Waals surface area contributed by atoms with Crippen molar-refractivity contribution < 1.29 is 17.6 Å². The first-order valence-corrected chi connectivity index (χ1v) is 11.5. The van der Waals surface area contributed by atoms with Crippen LogP contribution >= 0.6 is 0 Å². The van der Waals surface area contributed by atoms with Crippen molar-refractivity contribution in [3.8, 4) is 11.6 Å². The molecule has 1 aliphatic rings. The number of hydrogen-bond acceptors (Lipinski definition) is 7. The van der Waals surface area contributed by atoms with Gasteiger partial charge in [0.15, 0.2) is 15.6 Å². The maximum absolute atomic E-state index is 12.9. The molecule has 1 aromatic carbocycles. The van der Waals surface area contributed by atoms with E-state index in [2.05, 4.69) is 15.4 Å². The lowest BCUT2D eigenvalue weighted by molar-refractivity contribution is -0.134. The summed E-state index contributed by atoms with van der Waals surface area (Å²) in [5.74, 6) is 0.740. The SMILES string of the molecule is CCCCN(C(=O)Cn1nnc(-c2cc3ccccc3o2)n1)[C@@H]1CCS(=O)(=O)C1. The third-order valence-corrected chi connectivity index (χ3v) is 6.85. The fraction of sp³-hybridized carbons (Fsp3) is 0.474. The van der Waals surface area contributed by atoms with E-state index < -0.39 is 9.84 Å². The van der Waals surface area contributed by atoms with Gasteiger partial charge in [0.05, 0.1) is 11.5 Å². The Kier molecular flexibility index (Phi) is 5.35. The Balaban J connectivity index is 1.49. The van der Waals surface area contributed by atoms with E-state index in [1.807, 2.05) is 37.3 Å². The Morgan fingerprint density at radius 3 is 2.90 bits per heavy atom. The van der Waals surface area contributed by atoms with Crippen LogP contribution in [0.15, 0.2) is 34.7 Å². The van der Waals surface area contributed by atoms with E-state index in [4.69, 9.17) is 4.42 Å². The van der Waals surface area contributed by atoms with Crippen molar-refractivity contribution in [2.75, 3.05) is 18.1 Å². The molecule has 4 rings (SSSR count). The lowest BCUT2D eigenvalue weighted by Gasteiger charge is -2.28. The highest BCUT2D eigenvalue weighted by atomic mass is 32.2. The number of nitrogens with zero attached hydrogens (tertiary/aromatic N) is 5. The number of furan rings is 1. The Morgan fingerprint density at radius 2 is 2.17 bits per heavy atom. The van der Waals surface area contributed by atoms with Crippen LogP contribution < -0.4 is 0 Å². The quantitative estimate of drug-likeness (QED) is 0.577. The summed E-state index contributed by atoms with van der Waals surface area (Å²) in [5, 5.41) is 13.2. The molecule has 1 fully saturated rings. The highest BCUT2D eigenvalue weighted by Crippen LogP contribution is 2.25. The molecule has 1 atom stereocenters. The van der Waals surface area contributed by atoms with Crippen LogP contribution in [-0.4, -0.2) is 63.5 Å². The van der Waals surface area contributed by atoms with Crippen molar-refractivity contribution in [3.63, 3.8) is 0 Å². The Bertz CT molecular complexity index is 1090. The van der Waals surface area contributed by atoms with Crippen LogP contribution in [0.5, 0.6) is 0 Å². The number of aromatic nitrogens is 4. The van der Waals surface area contributed by atoms with E-state index in [9.17, 15) is 13.2 Å². The molecular weight excluding hydrogens is 394 g/mol. The first-order chi connectivity index (χ1) is 13.9. The molecule has 0 N–H and O–H groups in total. The molecule has 0 radical (unpaired) electrons. The van der Waals surface area contributed by atoms with Crippen molar-refractivity contribution in [2.45, 2.75) is 38.8 Å². The second kappa shape index (κ2) is 7.94. The summed E-state index contributed by atoms with van der Waals surface area (Å²) >= 11 is 0. The molecule has 2 aromatic heterocycles. The first-order valence-electron chi connectivity index (χ1n) is 9.72. The minimum Gasteiger partial charge on any atom is -0.453 e. The van der Waals surface area contributed by atoms with Crippen molar-refractivity contribution in [1.82, 2.24) is 25.1 Å². The van der Waals surface area contributed by atoms with Gasteiger partial charge >= 0.3 is 0 Å². The average Bonchev–Trinajstić information content (AvgIpc) is 3.40. The topological polar surface area (TPSA) is 111 Å². The smallest absolute Gasteiger partial charge is 0.246 e. The van der Waals surface area contributed by atoms with Gasteiger partial charge in [-0.15, -0.1) is 10.2 Å². The van der Waals surface area contributed by atoms with Gasteiger partial charge in [-0.2, -0.15) is 4.80 Å². The first kappa shape index (κ1) is 19.6. The normalized spacial score (nSPS) is 18.3. The number of benzene rings is 1. The van der Waals surface area contributed by atoms with Crippen molar-refractivity contribution >= 4 is 26.7 Å². The maximum Gasteiger partial charge on any atom is 0.246 e. The summed E-state index contributed by atoms with van der Waals surface area (Å²) in [5.41, 5.74) is 0.725. The molecule has 1 amide bonds. The molecule has 154 valence electrons. The van der Waals surface area contributed by atoms with Gasteiger partial charge in [0.2, 0.25) is 11.7 Å². The molecule has 1 saturated heterocycles. The molecule has 1 aliphatic heterocycles. The summed E-state index contributed by atoms with van der Waals surface area (Å²) in [6.07, 6.45) is 2.21. The Hall–Kier alpha value is -2.75. The molecule has 0 spiro atoms. The van der Waals surface area contributed by atoms with Crippen LogP contribution in [0.3, 0.4) is 0 Å². The van der Waals surface area contributed by atoms with E-state index in [0.717, 1.165) is 23.8 Å². The number of amides is 1. The third kappa shape index (κ3) is 4.31. The summed E-state index contributed by atoms with van der Waals surface area (Å²) in [6, 6.07) is 9.13. The van der Waals surface area contributed by atoms with Crippen molar-refractivity contribution in [2.24, 2.45) is 0 Å². The molecular formula is C19H23N5O4S. The Morgan fingerprint density at radius 1 is 1.34 bits per heavy atom. The average molecular weight is 417 g/mol. The number of unbranched alkanes of at least 4 members (excludes halogenated alkanes) is 1. The van der Waals surface area contributed by atoms with Crippen molar-refractivity contribution in [3.05, 3.63) is 30.3 Å². The lowest BCUT2D eigenvalue weighted by atomic mass is 10.2. The van der Waals surface area contributed by atoms with Gasteiger partial charge < -0.3 is 9.32 Å². The van der Waals surface area contributed by atoms with Gasteiger partial charge in [0, 0.05) is 18.0 Å². The van der Waals surface area contributed by atoms with Gasteiger partial charge in [0.25, 0.3) is 0 Å². The van der Waals surface area contributed by atoms with Crippen LogP contribution in [0.4, 0.5) is 0 Å². The molecule has 29 heavy (non-hydrogen) atoms. The van der Waals surface area contributed by atoms with Crippen LogP contribution in [0, 0.1) is 0 Å². The van der Waals surface area contributed by atoms with Crippen LogP contribution in [-0.2, 0) is 21.2 Å². The predicted octanol–water partition coefficient (Wildman–Crippen LogP) is 1.90. The van der Waals surface area contributed by atoms with Gasteiger partial charge in [-0.25, -0.2) is 8.42 Å². The summed E-state index contributed by atoms with van der Waals surface area (Å²) in [4.78, 5) is 15.8. The highest BCUT2D eigenvalue weighted by molar-refractivity contribution is 7.91. The van der Waals surface area contributed by atoms with Gasteiger partial charge in [-0.3, -0.25) is 4.79 Å². The van der Waals surface area contributed by atoms with Crippen LogP contribution in [0.25, 0.3) is 22.6 Å². The molecule has 3 aromatic rings. The zero-order chi connectivity index (χ0) is 20.4. The predicted molar refractivity (Wildman–Crippen MR) is 107 cm³/mol. The molecule has 0 unspecified atom stereocenters. The molecule has 9 nitrogen and oxygen atoms in total. The minimum absolute atomic E-state index is 0.0253. The monoisotopic (exact) mass is 417 g/mol. The minimum atomic E-state index is -3.07. The zero-order valence-electron chi connectivity index (χ0n) is 16.2. The van der Waals surface area contributed by atoms with Crippen LogP contribution in [0.2, 0.25) is 0 Å². The zero-order valence-corrected chi connectivity index (χ0v) is 17.0. The number of para-hydroxylation sites is 1. The van der Waals surface area contributed by atoms with Gasteiger partial charge in [-0.1, -0.05) is 31.5 Å². The fourth-order valence-corrected chi connectivity index (χ4v) is 5.30. The van der Waals surface area contributed by atoms with E-state index in [1.54, 1.807) is 4.90 Å². The van der Waals surface area contributed by atoms with Gasteiger partial charge in [-0.05, 0) is 30.2 Å². The number of hydrogen-bond donors (Lipinski definition) is 0. The second-order valence-electron chi connectivity index (χ2n) is 7.29. The number of carbonyl (C=O) groups excluding carboxylic acids is 1. The maximum atomic E-state index is 12.9. The second-order valence-corrected chi connectivity index (χ2v) is 9.52. The number of rotatable bonds is 7. The van der Waals surface area contributed by atoms with Gasteiger partial charge in [0.1, 0.15) is 12.1 Å². The lowest BCUT2D eigenvalue weighted by Crippen LogP contribution is -2.43. The standard InChI is InChI=1S/C19H23N5O4S/c1-2-3-9-23(15-8-10-29(26,27)13-15)18(25)12-24-21-19(20-22-24)17-11-14-6-4-5-7-16(14)28-17/h4-7,11,15H,2-3,8-10,12-13H2,1H3/t15-/m1/s1. The summed E-state index contributed by atoms with van der Waals surface area (Å²) in [6.45, 7) is 2.47. The number of fused-ring (bicyclic) bond motifs is 1. The van der Waals surface area contributed by atoms with E-state index >= 15 is 0 Å². The van der Waals surface area contributed by atoms with Crippen LogP contribution in [0.1, 0.15) is 26.2 Å². The fourth-order valence-electron chi connectivity index (χ4n) is 3.57. The number of carbonyl (C=O) groups is 1. The van der Waals surface area contributed by atoms with E-state index in [-0.39, 0.29) is 30.0 Å². The molecule has 10 heteroatoms. The number of sulfone groups is 1. The van der Waals surface area contributed by atoms with E-state index in [1.165, 1.54) is 4.80 Å². The Labute approximate surface area is 168 Å². The third-order valence-electron chi connectivity index (χ3n) is 5.10. The molecule has 0 aliphatic carbocycles. The molecule has 0 saturated carbocycles. The summed E-state index contributed by atoms with van der Waals surface area (Å²) in [7, 11) is -3.07. The highest BCUT2D eigenvalue weighted by Gasteiger charge is 2.34. The van der Waals surface area contributed by atoms with E-state index in [0.29, 0.717) is 24.6 Å². The van der Waals surface area contributed by atoms with Crippen molar-refractivity contribution in [1.29, 1.82) is 0 Å².